The molecule has 33 heavy (non-hydrogen) atoms. The highest BCUT2D eigenvalue weighted by molar-refractivity contribution is 5.94. The molecule has 8 heteroatoms. The highest BCUT2D eigenvalue weighted by Gasteiger charge is 2.23. The van der Waals surface area contributed by atoms with E-state index in [0.29, 0.717) is 35.8 Å². The number of carbonyl (C=O) groups excluding carboxylic acids is 1. The number of nitrogens with zero attached hydrogens (tertiary/aromatic N) is 5. The van der Waals surface area contributed by atoms with Crippen LogP contribution in [0.4, 0.5) is 11.6 Å². The van der Waals surface area contributed by atoms with Crippen molar-refractivity contribution in [1.29, 1.82) is 5.26 Å². The summed E-state index contributed by atoms with van der Waals surface area (Å²) >= 11 is 0. The number of hydrogen-bond acceptors (Lipinski definition) is 6. The Labute approximate surface area is 190 Å². The molecule has 0 saturated carbocycles. The minimum atomic E-state index is -0.445. The van der Waals surface area contributed by atoms with E-state index in [-0.39, 0.29) is 5.91 Å². The fraction of sp³-hybridized carbons (Fsp3) is 0.200. The van der Waals surface area contributed by atoms with Crippen molar-refractivity contribution in [2.24, 2.45) is 0 Å². The van der Waals surface area contributed by atoms with Gasteiger partial charge in [0.2, 0.25) is 5.95 Å². The number of carbonyl (C=O) groups is 1. The van der Waals surface area contributed by atoms with Gasteiger partial charge in [-0.25, -0.2) is 4.52 Å². The summed E-state index contributed by atoms with van der Waals surface area (Å²) in [6.07, 6.45) is 2.94. The molecule has 2 N–H and O–H groups in total. The molecule has 0 unspecified atom stereocenters. The summed E-state index contributed by atoms with van der Waals surface area (Å²) in [7, 11) is 0. The molecule has 0 radical (unpaired) electrons. The van der Waals surface area contributed by atoms with Gasteiger partial charge in [-0.05, 0) is 66.9 Å². The van der Waals surface area contributed by atoms with E-state index in [4.69, 9.17) is 5.26 Å². The lowest BCUT2D eigenvalue weighted by Crippen LogP contribution is -2.42. The number of aliphatic hydroxyl groups excluding tert-OH is 1. The Morgan fingerprint density at radius 1 is 1.12 bits per heavy atom. The second kappa shape index (κ2) is 8.73. The number of benzene rings is 2. The number of likely N-dealkylation sites (tertiary alicyclic amines) is 1. The zero-order valence-corrected chi connectivity index (χ0v) is 17.8. The molecular weight excluding hydrogens is 416 g/mol. The number of hydrogen-bond donors (Lipinski definition) is 2. The van der Waals surface area contributed by atoms with E-state index >= 15 is 0 Å². The zero-order valence-electron chi connectivity index (χ0n) is 17.8. The molecular formula is C25H22N6O2. The summed E-state index contributed by atoms with van der Waals surface area (Å²) in [5, 5.41) is 26.5. The molecule has 0 aliphatic carbocycles. The number of anilines is 2. The number of piperidine rings is 1. The van der Waals surface area contributed by atoms with E-state index in [2.05, 4.69) is 21.5 Å². The number of fused-ring (bicyclic) bond motifs is 1. The number of aromatic nitrogens is 3. The molecule has 2 aromatic heterocycles. The normalized spacial score (nSPS) is 15.9. The molecule has 0 bridgehead atoms. The van der Waals surface area contributed by atoms with Crippen molar-refractivity contribution in [3.8, 4) is 17.2 Å². The number of β-amino-alcohol motifs (C(OH)–C–C–N with tert-alkyl or cyclic N) is 1. The highest BCUT2D eigenvalue weighted by Crippen LogP contribution is 2.25. The lowest BCUT2D eigenvalue weighted by Gasteiger charge is -2.30. The monoisotopic (exact) mass is 438 g/mol. The van der Waals surface area contributed by atoms with Crippen LogP contribution >= 0.6 is 0 Å². The van der Waals surface area contributed by atoms with Crippen LogP contribution in [0.25, 0.3) is 16.8 Å². The second-order valence-corrected chi connectivity index (χ2v) is 8.06. The molecule has 1 amide bonds. The van der Waals surface area contributed by atoms with Crippen molar-refractivity contribution in [3.05, 3.63) is 78.0 Å². The lowest BCUT2D eigenvalue weighted by atomic mass is 10.1. The van der Waals surface area contributed by atoms with Crippen molar-refractivity contribution in [2.75, 3.05) is 18.4 Å². The van der Waals surface area contributed by atoms with Gasteiger partial charge >= 0.3 is 0 Å². The van der Waals surface area contributed by atoms with E-state index in [0.717, 1.165) is 29.7 Å². The maximum absolute atomic E-state index is 12.7. The number of nitrogens with one attached hydrogen (secondary N) is 1. The Balaban J connectivity index is 1.35. The third-order valence-corrected chi connectivity index (χ3v) is 5.76. The second-order valence-electron chi connectivity index (χ2n) is 8.06. The zero-order chi connectivity index (χ0) is 22.8. The number of pyridine rings is 1. The molecule has 0 spiro atoms. The predicted molar refractivity (Wildman–Crippen MR) is 124 cm³/mol. The highest BCUT2D eigenvalue weighted by atomic mass is 16.3. The van der Waals surface area contributed by atoms with Crippen molar-refractivity contribution >= 4 is 23.2 Å². The van der Waals surface area contributed by atoms with Gasteiger partial charge < -0.3 is 15.3 Å². The fourth-order valence-corrected chi connectivity index (χ4v) is 4.06. The first-order chi connectivity index (χ1) is 16.1. The summed E-state index contributed by atoms with van der Waals surface area (Å²) in [5.74, 6) is 0.368. The van der Waals surface area contributed by atoms with Gasteiger partial charge in [0, 0.05) is 36.1 Å². The van der Waals surface area contributed by atoms with Crippen LogP contribution in [-0.4, -0.2) is 49.7 Å². The number of rotatable bonds is 4. The molecule has 4 aromatic rings. The largest absolute Gasteiger partial charge is 0.391 e. The van der Waals surface area contributed by atoms with Crippen LogP contribution in [0.15, 0.2) is 66.9 Å². The maximum Gasteiger partial charge on any atom is 0.253 e. The lowest BCUT2D eigenvalue weighted by molar-refractivity contribution is 0.0474. The van der Waals surface area contributed by atoms with E-state index < -0.39 is 6.10 Å². The van der Waals surface area contributed by atoms with E-state index in [9.17, 15) is 9.90 Å². The summed E-state index contributed by atoms with van der Waals surface area (Å²) in [4.78, 5) is 19.0. The van der Waals surface area contributed by atoms with Gasteiger partial charge in [-0.1, -0.05) is 12.1 Å². The molecule has 1 atom stereocenters. The van der Waals surface area contributed by atoms with Gasteiger partial charge in [0.05, 0.1) is 17.7 Å². The molecule has 1 aliphatic rings. The van der Waals surface area contributed by atoms with Crippen LogP contribution in [0.5, 0.6) is 0 Å². The fourth-order valence-electron chi connectivity index (χ4n) is 4.06. The molecule has 1 fully saturated rings. The van der Waals surface area contributed by atoms with Crippen LogP contribution in [0.2, 0.25) is 0 Å². The van der Waals surface area contributed by atoms with Gasteiger partial charge in [-0.2, -0.15) is 10.2 Å². The van der Waals surface area contributed by atoms with Gasteiger partial charge in [-0.3, -0.25) is 4.79 Å². The first kappa shape index (κ1) is 20.7. The third-order valence-electron chi connectivity index (χ3n) is 5.76. The first-order valence-corrected chi connectivity index (χ1v) is 10.8. The number of aliphatic hydroxyl groups is 1. The molecule has 2 aromatic carbocycles. The van der Waals surface area contributed by atoms with Crippen molar-refractivity contribution < 1.29 is 9.90 Å². The molecule has 3 heterocycles. The molecule has 5 rings (SSSR count). The smallest absolute Gasteiger partial charge is 0.253 e. The van der Waals surface area contributed by atoms with Gasteiger partial charge in [0.15, 0.2) is 5.65 Å². The summed E-state index contributed by atoms with van der Waals surface area (Å²) < 4.78 is 1.70. The Morgan fingerprint density at radius 3 is 2.64 bits per heavy atom. The summed E-state index contributed by atoms with van der Waals surface area (Å²) in [6.45, 7) is 1.05. The Hall–Kier alpha value is -4.22. The standard InChI is InChI=1S/C25H22N6O2/c26-15-17-5-7-18(8-6-17)22-4-2-14-31-23(22)28-25(29-31)27-20-11-9-19(10-12-20)24(33)30-13-1-3-21(32)16-30/h2,4-12,14,21,32H,1,3,13,16H2,(H,27,29)/t21-/m0/s1. The average molecular weight is 438 g/mol. The van der Waals surface area contributed by atoms with Gasteiger partial charge in [0.1, 0.15) is 0 Å². The van der Waals surface area contributed by atoms with Crippen LogP contribution in [-0.2, 0) is 0 Å². The van der Waals surface area contributed by atoms with Crippen LogP contribution in [0.1, 0.15) is 28.8 Å². The van der Waals surface area contributed by atoms with Gasteiger partial charge in [-0.15, -0.1) is 5.10 Å². The Morgan fingerprint density at radius 2 is 1.91 bits per heavy atom. The first-order valence-electron chi connectivity index (χ1n) is 10.8. The van der Waals surface area contributed by atoms with Crippen molar-refractivity contribution in [3.63, 3.8) is 0 Å². The topological polar surface area (TPSA) is 107 Å². The van der Waals surface area contributed by atoms with Crippen LogP contribution in [0, 0.1) is 11.3 Å². The van der Waals surface area contributed by atoms with E-state index in [1.807, 2.05) is 42.6 Å². The number of amides is 1. The molecule has 164 valence electrons. The SMILES string of the molecule is N#Cc1ccc(-c2cccn3nc(Nc4ccc(C(=O)N5CCC[C@H](O)C5)cc4)nc23)cc1. The minimum absolute atomic E-state index is 0.0711. The summed E-state index contributed by atoms with van der Waals surface area (Å²) in [6, 6.07) is 20.5. The van der Waals surface area contributed by atoms with E-state index in [1.165, 1.54) is 0 Å². The van der Waals surface area contributed by atoms with Crippen molar-refractivity contribution in [2.45, 2.75) is 18.9 Å². The van der Waals surface area contributed by atoms with Gasteiger partial charge in [0.25, 0.3) is 5.91 Å². The molecule has 1 saturated heterocycles. The third kappa shape index (κ3) is 4.27. The van der Waals surface area contributed by atoms with Crippen molar-refractivity contribution in [1.82, 2.24) is 19.5 Å². The number of nitriles is 1. The van der Waals surface area contributed by atoms with E-state index in [1.54, 1.807) is 33.7 Å². The quantitative estimate of drug-likeness (QED) is 0.504. The van der Waals surface area contributed by atoms with Crippen LogP contribution in [0.3, 0.4) is 0 Å². The predicted octanol–water partition coefficient (Wildman–Crippen LogP) is 3.61. The Kier molecular flexibility index (Phi) is 5.47. The molecule has 8 nitrogen and oxygen atoms in total. The Bertz CT molecular complexity index is 1340. The molecule has 1 aliphatic heterocycles. The average Bonchev–Trinajstić information content (AvgIpc) is 3.26. The maximum atomic E-state index is 12.7. The summed E-state index contributed by atoms with van der Waals surface area (Å²) in [5.41, 5.74) is 4.51. The minimum Gasteiger partial charge on any atom is -0.391 e. The van der Waals surface area contributed by atoms with Crippen LogP contribution < -0.4 is 5.32 Å².